The van der Waals surface area contributed by atoms with Gasteiger partial charge >= 0.3 is 0 Å². The summed E-state index contributed by atoms with van der Waals surface area (Å²) >= 11 is 0.696. The normalized spacial score (nSPS) is 15.3. The Labute approximate surface area is 178 Å². The number of thioether (sulfide) groups is 1. The molecular formula is C25H18N2O2S. The fourth-order valence-electron chi connectivity index (χ4n) is 3.92. The van der Waals surface area contributed by atoms with Crippen molar-refractivity contribution in [2.24, 2.45) is 0 Å². The summed E-state index contributed by atoms with van der Waals surface area (Å²) in [6.45, 7) is 0. The molecule has 0 saturated carbocycles. The van der Waals surface area contributed by atoms with Crippen LogP contribution in [0.2, 0.25) is 0 Å². The molecule has 1 N–H and O–H groups in total. The number of para-hydroxylation sites is 1. The Kier molecular flexibility index (Phi) is 4.73. The lowest BCUT2D eigenvalue weighted by atomic mass is 9.98. The van der Waals surface area contributed by atoms with Gasteiger partial charge in [-0.2, -0.15) is 0 Å². The van der Waals surface area contributed by atoms with Gasteiger partial charge in [0.2, 0.25) is 5.12 Å². The minimum atomic E-state index is -0.332. The second kappa shape index (κ2) is 7.69. The van der Waals surface area contributed by atoms with Crippen LogP contribution >= 0.6 is 11.8 Å². The molecule has 0 radical (unpaired) electrons. The van der Waals surface area contributed by atoms with Gasteiger partial charge in [-0.15, -0.1) is 0 Å². The van der Waals surface area contributed by atoms with E-state index in [0.29, 0.717) is 17.5 Å². The molecule has 146 valence electrons. The van der Waals surface area contributed by atoms with Gasteiger partial charge in [-0.05, 0) is 23.3 Å². The van der Waals surface area contributed by atoms with Crippen LogP contribution in [0.5, 0.6) is 0 Å². The number of nitrogens with zero attached hydrogens (tertiary/aromatic N) is 1. The number of carbonyl (C=O) groups is 2. The van der Waals surface area contributed by atoms with Crippen molar-refractivity contribution >= 4 is 39.1 Å². The fraction of sp³-hybridized carbons (Fsp3) is 0.0400. The Bertz CT molecular complexity index is 1240. The number of aromatic nitrogens is 1. The lowest BCUT2D eigenvalue weighted by Gasteiger charge is -2.21. The Morgan fingerprint density at radius 1 is 0.800 bits per heavy atom. The summed E-state index contributed by atoms with van der Waals surface area (Å²) < 4.78 is 2.24. The van der Waals surface area contributed by atoms with Crippen LogP contribution in [0.1, 0.15) is 22.7 Å². The monoisotopic (exact) mass is 410 g/mol. The molecular weight excluding hydrogens is 392 g/mol. The number of fused-ring (bicyclic) bond motifs is 1. The van der Waals surface area contributed by atoms with E-state index < -0.39 is 0 Å². The van der Waals surface area contributed by atoms with E-state index in [-0.39, 0.29) is 16.4 Å². The quantitative estimate of drug-likeness (QED) is 0.445. The van der Waals surface area contributed by atoms with Crippen molar-refractivity contribution in [1.82, 2.24) is 9.88 Å². The van der Waals surface area contributed by atoms with Gasteiger partial charge in [-0.1, -0.05) is 78.9 Å². The summed E-state index contributed by atoms with van der Waals surface area (Å²) in [6.07, 6.45) is 3.83. The van der Waals surface area contributed by atoms with Gasteiger partial charge in [0.15, 0.2) is 0 Å². The van der Waals surface area contributed by atoms with Gasteiger partial charge in [0.25, 0.3) is 5.24 Å². The first kappa shape index (κ1) is 18.5. The predicted molar refractivity (Wildman–Crippen MR) is 121 cm³/mol. The number of nitrogens with one attached hydrogen (secondary N) is 1. The number of amides is 1. The molecule has 1 saturated heterocycles. The second-order valence-electron chi connectivity index (χ2n) is 7.09. The molecule has 2 heterocycles. The van der Waals surface area contributed by atoms with Crippen LogP contribution in [0.15, 0.2) is 96.8 Å². The molecule has 1 amide bonds. The maximum atomic E-state index is 12.1. The Balaban J connectivity index is 1.72. The average Bonchev–Trinajstić information content (AvgIpc) is 3.29. The van der Waals surface area contributed by atoms with E-state index in [2.05, 4.69) is 46.4 Å². The highest BCUT2D eigenvalue weighted by Crippen LogP contribution is 2.34. The maximum Gasteiger partial charge on any atom is 0.291 e. The third-order valence-corrected chi connectivity index (χ3v) is 5.91. The molecule has 5 heteroatoms. The lowest BCUT2D eigenvalue weighted by Crippen LogP contribution is -2.11. The van der Waals surface area contributed by atoms with Crippen LogP contribution in [0.3, 0.4) is 0 Å². The van der Waals surface area contributed by atoms with Crippen LogP contribution in [-0.2, 0) is 4.79 Å². The lowest BCUT2D eigenvalue weighted by molar-refractivity contribution is -0.107. The fourth-order valence-corrected chi connectivity index (χ4v) is 4.47. The number of hydrogen-bond acceptors (Lipinski definition) is 3. The highest BCUT2D eigenvalue weighted by Gasteiger charge is 2.26. The molecule has 1 aliphatic heterocycles. The average molecular weight is 410 g/mol. The van der Waals surface area contributed by atoms with Gasteiger partial charge in [0, 0.05) is 34.4 Å². The van der Waals surface area contributed by atoms with E-state index in [1.165, 1.54) is 11.1 Å². The minimum absolute atomic E-state index is 0.0207. The predicted octanol–water partition coefficient (Wildman–Crippen LogP) is 5.60. The van der Waals surface area contributed by atoms with Crippen LogP contribution in [0, 0.1) is 0 Å². The molecule has 5 rings (SSSR count). The maximum absolute atomic E-state index is 12.1. The molecule has 0 bridgehead atoms. The molecule has 0 aliphatic carbocycles. The van der Waals surface area contributed by atoms with Crippen molar-refractivity contribution < 1.29 is 9.59 Å². The van der Waals surface area contributed by atoms with Crippen LogP contribution in [-0.4, -0.2) is 14.9 Å². The van der Waals surface area contributed by atoms with Crippen molar-refractivity contribution in [2.75, 3.05) is 0 Å². The van der Waals surface area contributed by atoms with Gasteiger partial charge in [-0.25, -0.2) is 0 Å². The van der Waals surface area contributed by atoms with Crippen LogP contribution < -0.4 is 5.32 Å². The van der Waals surface area contributed by atoms with Gasteiger partial charge < -0.3 is 9.88 Å². The largest absolute Gasteiger partial charge is 0.335 e. The molecule has 0 spiro atoms. The zero-order chi connectivity index (χ0) is 20.5. The minimum Gasteiger partial charge on any atom is -0.335 e. The molecule has 30 heavy (non-hydrogen) atoms. The summed E-state index contributed by atoms with van der Waals surface area (Å²) in [6, 6.07) is 28.8. The topological polar surface area (TPSA) is 51.1 Å². The van der Waals surface area contributed by atoms with Gasteiger partial charge in [0.1, 0.15) is 0 Å². The summed E-state index contributed by atoms with van der Waals surface area (Å²) in [7, 11) is 0. The first-order valence-corrected chi connectivity index (χ1v) is 10.5. The Morgan fingerprint density at radius 3 is 2.00 bits per heavy atom. The van der Waals surface area contributed by atoms with Crippen molar-refractivity contribution in [1.29, 1.82) is 0 Å². The smallest absolute Gasteiger partial charge is 0.291 e. The van der Waals surface area contributed by atoms with Crippen molar-refractivity contribution in [3.63, 3.8) is 0 Å². The first-order valence-electron chi connectivity index (χ1n) is 9.65. The highest BCUT2D eigenvalue weighted by molar-refractivity contribution is 8.27. The summed E-state index contributed by atoms with van der Waals surface area (Å²) in [5, 5.41) is 3.09. The highest BCUT2D eigenvalue weighted by atomic mass is 32.2. The standard InChI is InChI=1S/C25H18N2O2S/c28-24-21(26-25(29)30-24)15-19-16-27(22-14-8-7-13-20(19)22)23(17-9-3-1-4-10-17)18-11-5-2-6-12-18/h1-16,23H,(H,26,29). The van der Waals surface area contributed by atoms with Gasteiger partial charge in [-0.3, -0.25) is 9.59 Å². The zero-order valence-corrected chi connectivity index (χ0v) is 16.8. The summed E-state index contributed by atoms with van der Waals surface area (Å²) in [4.78, 5) is 23.7. The van der Waals surface area contributed by atoms with Crippen molar-refractivity contribution in [2.45, 2.75) is 6.04 Å². The number of hydrogen-bond donors (Lipinski definition) is 1. The van der Waals surface area contributed by atoms with Crippen LogP contribution in [0.4, 0.5) is 4.79 Å². The number of benzene rings is 3. The molecule has 3 aromatic carbocycles. The Hall–Kier alpha value is -3.57. The van der Waals surface area contributed by atoms with E-state index in [0.717, 1.165) is 16.5 Å². The first-order chi connectivity index (χ1) is 14.7. The van der Waals surface area contributed by atoms with E-state index in [1.54, 1.807) is 6.08 Å². The van der Waals surface area contributed by atoms with E-state index in [9.17, 15) is 9.59 Å². The molecule has 1 aliphatic rings. The number of rotatable bonds is 4. The van der Waals surface area contributed by atoms with E-state index in [4.69, 9.17) is 0 Å². The zero-order valence-electron chi connectivity index (χ0n) is 16.0. The molecule has 1 fully saturated rings. The van der Waals surface area contributed by atoms with Crippen molar-refractivity contribution in [3.05, 3.63) is 114 Å². The SMILES string of the molecule is O=C1NC(=Cc2cn(C(c3ccccc3)c3ccccc3)c3ccccc23)C(=O)S1. The van der Waals surface area contributed by atoms with Gasteiger partial charge in [0.05, 0.1) is 11.7 Å². The second-order valence-corrected chi connectivity index (χ2v) is 8.04. The molecule has 0 unspecified atom stereocenters. The summed E-state index contributed by atoms with van der Waals surface area (Å²) in [5.74, 6) is 0. The molecule has 4 aromatic rings. The molecule has 1 aromatic heterocycles. The summed E-state index contributed by atoms with van der Waals surface area (Å²) in [5.41, 5.74) is 4.62. The number of carbonyl (C=O) groups excluding carboxylic acids is 2. The third-order valence-electron chi connectivity index (χ3n) is 5.22. The molecule has 4 nitrogen and oxygen atoms in total. The Morgan fingerprint density at radius 2 is 1.40 bits per heavy atom. The third kappa shape index (κ3) is 3.33. The van der Waals surface area contributed by atoms with Crippen LogP contribution in [0.25, 0.3) is 17.0 Å². The van der Waals surface area contributed by atoms with E-state index >= 15 is 0 Å². The molecule has 0 atom stereocenters. The van der Waals surface area contributed by atoms with Crippen molar-refractivity contribution in [3.8, 4) is 0 Å². The van der Waals surface area contributed by atoms with E-state index in [1.807, 2.05) is 54.6 Å².